The molecule has 86 valence electrons. The summed E-state index contributed by atoms with van der Waals surface area (Å²) in [7, 11) is 0. The van der Waals surface area contributed by atoms with E-state index < -0.39 is 0 Å². The Balaban J connectivity index is 2.08. The Hall–Kier alpha value is -1.67. The van der Waals surface area contributed by atoms with Crippen molar-refractivity contribution in [3.8, 4) is 0 Å². The summed E-state index contributed by atoms with van der Waals surface area (Å²) >= 11 is 0. The number of aliphatic hydroxyl groups is 1. The molecule has 0 radical (unpaired) electrons. The standard InChI is InChI=1S/C15H15NO/c1-10-2-3-13-8-11(5-7-15(13)16-10)12-4-6-14(17)9-12/h2-3,5,7-9,14,17H,4,6H2,1H3. The minimum absolute atomic E-state index is 0.267. The SMILES string of the molecule is Cc1ccc2cc(C3=CC(O)CC3)ccc2n1. The van der Waals surface area contributed by atoms with Crippen molar-refractivity contribution >= 4 is 16.5 Å². The normalized spacial score (nSPS) is 19.6. The van der Waals surface area contributed by atoms with Crippen LogP contribution in [-0.2, 0) is 0 Å². The lowest BCUT2D eigenvalue weighted by Gasteiger charge is -2.04. The Morgan fingerprint density at radius 3 is 2.88 bits per heavy atom. The summed E-state index contributed by atoms with van der Waals surface area (Å²) in [5.41, 5.74) is 4.54. The van der Waals surface area contributed by atoms with Gasteiger partial charge in [0.2, 0.25) is 0 Å². The van der Waals surface area contributed by atoms with Crippen molar-refractivity contribution in [3.05, 3.63) is 47.7 Å². The molecule has 17 heavy (non-hydrogen) atoms. The Bertz CT molecular complexity index is 601. The first kappa shape index (κ1) is 10.5. The van der Waals surface area contributed by atoms with Gasteiger partial charge in [-0.05, 0) is 49.1 Å². The summed E-state index contributed by atoms with van der Waals surface area (Å²) in [5.74, 6) is 0. The van der Waals surface area contributed by atoms with Gasteiger partial charge in [0.25, 0.3) is 0 Å². The number of allylic oxidation sites excluding steroid dienone is 1. The smallest absolute Gasteiger partial charge is 0.0730 e. The van der Waals surface area contributed by atoms with Crippen LogP contribution in [0.15, 0.2) is 36.4 Å². The van der Waals surface area contributed by atoms with Crippen molar-refractivity contribution < 1.29 is 5.11 Å². The van der Waals surface area contributed by atoms with Crippen LogP contribution in [0.1, 0.15) is 24.1 Å². The lowest BCUT2D eigenvalue weighted by atomic mass is 10.0. The van der Waals surface area contributed by atoms with Crippen LogP contribution in [0.4, 0.5) is 0 Å². The van der Waals surface area contributed by atoms with E-state index in [4.69, 9.17) is 0 Å². The third-order valence-electron chi connectivity index (χ3n) is 3.30. The number of aryl methyl sites for hydroxylation is 1. The van der Waals surface area contributed by atoms with Crippen LogP contribution in [0, 0.1) is 6.92 Å². The fraction of sp³-hybridized carbons (Fsp3) is 0.267. The molecule has 0 saturated heterocycles. The minimum atomic E-state index is -0.267. The van der Waals surface area contributed by atoms with Crippen LogP contribution in [0.25, 0.3) is 16.5 Å². The number of hydrogen-bond acceptors (Lipinski definition) is 2. The topological polar surface area (TPSA) is 33.1 Å². The van der Waals surface area contributed by atoms with Crippen molar-refractivity contribution in [3.63, 3.8) is 0 Å². The number of fused-ring (bicyclic) bond motifs is 1. The van der Waals surface area contributed by atoms with Crippen molar-refractivity contribution in [1.29, 1.82) is 0 Å². The van der Waals surface area contributed by atoms with Gasteiger partial charge in [-0.3, -0.25) is 4.98 Å². The van der Waals surface area contributed by atoms with Crippen molar-refractivity contribution in [2.45, 2.75) is 25.9 Å². The summed E-state index contributed by atoms with van der Waals surface area (Å²) in [4.78, 5) is 4.49. The van der Waals surface area contributed by atoms with E-state index in [1.54, 1.807) is 0 Å². The van der Waals surface area contributed by atoms with E-state index in [0.29, 0.717) is 0 Å². The van der Waals surface area contributed by atoms with Gasteiger partial charge in [0, 0.05) is 11.1 Å². The molecule has 0 saturated carbocycles. The number of nitrogens with zero attached hydrogens (tertiary/aromatic N) is 1. The lowest BCUT2D eigenvalue weighted by Crippen LogP contribution is -1.93. The summed E-state index contributed by atoms with van der Waals surface area (Å²) < 4.78 is 0. The van der Waals surface area contributed by atoms with E-state index in [1.807, 2.05) is 19.1 Å². The molecule has 1 atom stereocenters. The number of hydrogen-bond donors (Lipinski definition) is 1. The second kappa shape index (κ2) is 3.97. The lowest BCUT2D eigenvalue weighted by molar-refractivity contribution is 0.223. The highest BCUT2D eigenvalue weighted by atomic mass is 16.3. The number of pyridine rings is 1. The first-order valence-electron chi connectivity index (χ1n) is 5.99. The van der Waals surface area contributed by atoms with Crippen LogP contribution in [0.5, 0.6) is 0 Å². The monoisotopic (exact) mass is 225 g/mol. The van der Waals surface area contributed by atoms with Gasteiger partial charge in [0.15, 0.2) is 0 Å². The van der Waals surface area contributed by atoms with E-state index in [2.05, 4.69) is 29.2 Å². The highest BCUT2D eigenvalue weighted by molar-refractivity contribution is 5.84. The molecule has 0 bridgehead atoms. The molecule has 0 amide bonds. The second-order valence-electron chi connectivity index (χ2n) is 4.66. The molecule has 1 heterocycles. The third kappa shape index (κ3) is 1.96. The van der Waals surface area contributed by atoms with Gasteiger partial charge in [-0.25, -0.2) is 0 Å². The largest absolute Gasteiger partial charge is 0.389 e. The average molecular weight is 225 g/mol. The molecule has 2 heteroatoms. The van der Waals surface area contributed by atoms with Gasteiger partial charge >= 0.3 is 0 Å². The molecule has 2 aromatic rings. The molecule has 0 spiro atoms. The maximum atomic E-state index is 9.52. The molecule has 1 aliphatic carbocycles. The predicted octanol–water partition coefficient (Wildman–Crippen LogP) is 3.08. The fourth-order valence-electron chi connectivity index (χ4n) is 2.37. The number of aliphatic hydroxyl groups excluding tert-OH is 1. The van der Waals surface area contributed by atoms with E-state index in [0.717, 1.165) is 29.4 Å². The van der Waals surface area contributed by atoms with Gasteiger partial charge in [-0.2, -0.15) is 0 Å². The number of rotatable bonds is 1. The second-order valence-corrected chi connectivity index (χ2v) is 4.66. The van der Waals surface area contributed by atoms with E-state index >= 15 is 0 Å². The Kier molecular flexibility index (Phi) is 2.45. The summed E-state index contributed by atoms with van der Waals surface area (Å²) in [5, 5.41) is 10.7. The first-order valence-corrected chi connectivity index (χ1v) is 5.99. The van der Waals surface area contributed by atoms with Crippen molar-refractivity contribution in [2.24, 2.45) is 0 Å². The quantitative estimate of drug-likeness (QED) is 0.809. The van der Waals surface area contributed by atoms with Gasteiger partial charge in [0.05, 0.1) is 11.6 Å². The summed E-state index contributed by atoms with van der Waals surface area (Å²) in [6.07, 6.45) is 3.51. The zero-order valence-electron chi connectivity index (χ0n) is 9.85. The molecule has 3 rings (SSSR count). The van der Waals surface area contributed by atoms with Crippen LogP contribution < -0.4 is 0 Å². The van der Waals surface area contributed by atoms with Crippen LogP contribution in [-0.4, -0.2) is 16.2 Å². The highest BCUT2D eigenvalue weighted by Crippen LogP contribution is 2.29. The summed E-state index contributed by atoms with van der Waals surface area (Å²) in [6.45, 7) is 2.00. The molecule has 1 aromatic carbocycles. The molecule has 2 nitrogen and oxygen atoms in total. The fourth-order valence-corrected chi connectivity index (χ4v) is 2.37. The Labute approximate surface area is 101 Å². The molecule has 1 N–H and O–H groups in total. The highest BCUT2D eigenvalue weighted by Gasteiger charge is 2.14. The molecular weight excluding hydrogens is 210 g/mol. The molecular formula is C15H15NO. The molecule has 1 aliphatic rings. The zero-order valence-corrected chi connectivity index (χ0v) is 9.85. The van der Waals surface area contributed by atoms with Gasteiger partial charge < -0.3 is 5.11 Å². The molecule has 1 unspecified atom stereocenters. The van der Waals surface area contributed by atoms with Gasteiger partial charge in [-0.15, -0.1) is 0 Å². The van der Waals surface area contributed by atoms with E-state index in [9.17, 15) is 5.11 Å². The van der Waals surface area contributed by atoms with Gasteiger partial charge in [0.1, 0.15) is 0 Å². The Morgan fingerprint density at radius 1 is 1.24 bits per heavy atom. The maximum absolute atomic E-state index is 9.52. The predicted molar refractivity (Wildman–Crippen MR) is 69.7 cm³/mol. The Morgan fingerprint density at radius 2 is 2.12 bits per heavy atom. The molecule has 0 aliphatic heterocycles. The minimum Gasteiger partial charge on any atom is -0.389 e. The number of aromatic nitrogens is 1. The number of benzene rings is 1. The van der Waals surface area contributed by atoms with E-state index in [-0.39, 0.29) is 6.10 Å². The van der Waals surface area contributed by atoms with Gasteiger partial charge in [-0.1, -0.05) is 18.2 Å². The molecule has 1 aromatic heterocycles. The van der Waals surface area contributed by atoms with Crippen LogP contribution >= 0.6 is 0 Å². The van der Waals surface area contributed by atoms with Crippen LogP contribution in [0.3, 0.4) is 0 Å². The molecule has 0 fully saturated rings. The van der Waals surface area contributed by atoms with Crippen molar-refractivity contribution in [2.75, 3.05) is 0 Å². The van der Waals surface area contributed by atoms with Crippen molar-refractivity contribution in [1.82, 2.24) is 4.98 Å². The third-order valence-corrected chi connectivity index (χ3v) is 3.30. The average Bonchev–Trinajstić information content (AvgIpc) is 2.75. The summed E-state index contributed by atoms with van der Waals surface area (Å²) in [6, 6.07) is 10.4. The van der Waals surface area contributed by atoms with Crippen LogP contribution in [0.2, 0.25) is 0 Å². The maximum Gasteiger partial charge on any atom is 0.0730 e. The zero-order chi connectivity index (χ0) is 11.8. The van der Waals surface area contributed by atoms with E-state index in [1.165, 1.54) is 11.1 Å². The first-order chi connectivity index (χ1) is 8.22.